The quantitative estimate of drug-likeness (QED) is 0.793. The number of benzene rings is 2. The van der Waals surface area contributed by atoms with Crippen molar-refractivity contribution >= 4 is 40.7 Å². The topological polar surface area (TPSA) is 58.6 Å². The molecule has 2 aromatic rings. The van der Waals surface area contributed by atoms with Gasteiger partial charge in [0.25, 0.3) is 5.91 Å². The number of amides is 2. The van der Waals surface area contributed by atoms with Crippen molar-refractivity contribution in [3.05, 3.63) is 58.6 Å². The van der Waals surface area contributed by atoms with E-state index in [-0.39, 0.29) is 25.0 Å². The first-order valence-electron chi connectivity index (χ1n) is 7.70. The molecule has 0 spiro atoms. The molecule has 5 nitrogen and oxygen atoms in total. The number of hydrogen-bond donors (Lipinski definition) is 1. The molecule has 0 heterocycles. The standard InChI is InChI=1S/C18H18Cl2N2O3/c1-2-22(17(24)12-25-13-7-4-3-5-8-13)11-16(23)21-18-14(19)9-6-10-15(18)20/h3-10H,2,11-12H2,1H3,(H,21,23). The number of nitrogens with zero attached hydrogens (tertiary/aromatic N) is 1. The van der Waals surface area contributed by atoms with Gasteiger partial charge in [0.05, 0.1) is 22.3 Å². The molecule has 2 amide bonds. The molecule has 25 heavy (non-hydrogen) atoms. The Balaban J connectivity index is 1.91. The average molecular weight is 381 g/mol. The van der Waals surface area contributed by atoms with Gasteiger partial charge in [-0.3, -0.25) is 9.59 Å². The van der Waals surface area contributed by atoms with Crippen LogP contribution in [0.1, 0.15) is 6.92 Å². The summed E-state index contributed by atoms with van der Waals surface area (Å²) >= 11 is 12.0. The third-order valence-electron chi connectivity index (χ3n) is 3.40. The van der Waals surface area contributed by atoms with Crippen LogP contribution in [0, 0.1) is 0 Å². The number of hydrogen-bond acceptors (Lipinski definition) is 3. The zero-order valence-electron chi connectivity index (χ0n) is 13.7. The minimum absolute atomic E-state index is 0.116. The van der Waals surface area contributed by atoms with Crippen LogP contribution in [0.25, 0.3) is 0 Å². The zero-order valence-corrected chi connectivity index (χ0v) is 15.2. The Morgan fingerprint density at radius 3 is 2.28 bits per heavy atom. The number of nitrogens with one attached hydrogen (secondary N) is 1. The number of carbonyl (C=O) groups is 2. The zero-order chi connectivity index (χ0) is 18.2. The summed E-state index contributed by atoms with van der Waals surface area (Å²) in [4.78, 5) is 25.8. The van der Waals surface area contributed by atoms with E-state index in [0.717, 1.165) is 0 Å². The van der Waals surface area contributed by atoms with Crippen molar-refractivity contribution in [1.29, 1.82) is 0 Å². The fraction of sp³-hybridized carbons (Fsp3) is 0.222. The van der Waals surface area contributed by atoms with E-state index in [2.05, 4.69) is 5.32 Å². The van der Waals surface area contributed by atoms with Gasteiger partial charge in [0.15, 0.2) is 6.61 Å². The third kappa shape index (κ3) is 5.66. The van der Waals surface area contributed by atoms with E-state index in [1.54, 1.807) is 37.3 Å². The van der Waals surface area contributed by atoms with Crippen molar-refractivity contribution in [1.82, 2.24) is 4.90 Å². The highest BCUT2D eigenvalue weighted by Gasteiger charge is 2.17. The molecule has 0 unspecified atom stereocenters. The molecule has 0 aliphatic heterocycles. The highest BCUT2D eigenvalue weighted by atomic mass is 35.5. The molecule has 0 saturated heterocycles. The van der Waals surface area contributed by atoms with Crippen molar-refractivity contribution in [2.75, 3.05) is 25.0 Å². The average Bonchev–Trinajstić information content (AvgIpc) is 2.61. The summed E-state index contributed by atoms with van der Waals surface area (Å²) in [5.41, 5.74) is 0.333. The fourth-order valence-electron chi connectivity index (χ4n) is 2.10. The molecule has 0 radical (unpaired) electrons. The minimum atomic E-state index is -0.384. The van der Waals surface area contributed by atoms with Gasteiger partial charge < -0.3 is 15.0 Å². The van der Waals surface area contributed by atoms with Crippen LogP contribution in [-0.4, -0.2) is 36.4 Å². The Morgan fingerprint density at radius 2 is 1.68 bits per heavy atom. The molecule has 0 bridgehead atoms. The molecule has 2 rings (SSSR count). The molecule has 1 N–H and O–H groups in total. The molecule has 0 atom stereocenters. The van der Waals surface area contributed by atoms with Gasteiger partial charge in [0.2, 0.25) is 5.91 Å². The fourth-order valence-corrected chi connectivity index (χ4v) is 2.59. The van der Waals surface area contributed by atoms with Crippen molar-refractivity contribution in [2.24, 2.45) is 0 Å². The monoisotopic (exact) mass is 380 g/mol. The van der Waals surface area contributed by atoms with Crippen molar-refractivity contribution < 1.29 is 14.3 Å². The molecule has 0 aliphatic carbocycles. The van der Waals surface area contributed by atoms with Crippen LogP contribution in [-0.2, 0) is 9.59 Å². The number of halogens is 2. The summed E-state index contributed by atoms with van der Waals surface area (Å²) < 4.78 is 5.42. The maximum atomic E-state index is 12.2. The van der Waals surface area contributed by atoms with Gasteiger partial charge in [-0.2, -0.15) is 0 Å². The number of rotatable bonds is 7. The molecule has 0 fully saturated rings. The largest absolute Gasteiger partial charge is 0.484 e. The van der Waals surface area contributed by atoms with Gasteiger partial charge in [-0.05, 0) is 31.2 Å². The molecule has 0 saturated carbocycles. The van der Waals surface area contributed by atoms with Crippen molar-refractivity contribution in [2.45, 2.75) is 6.92 Å². The van der Waals surface area contributed by atoms with E-state index in [4.69, 9.17) is 27.9 Å². The number of anilines is 1. The third-order valence-corrected chi connectivity index (χ3v) is 4.03. The first-order chi connectivity index (χ1) is 12.0. The second-order valence-corrected chi connectivity index (χ2v) is 5.97. The predicted octanol–water partition coefficient (Wildman–Crippen LogP) is 3.86. The lowest BCUT2D eigenvalue weighted by Gasteiger charge is -2.21. The lowest BCUT2D eigenvalue weighted by atomic mass is 10.3. The molecule has 2 aromatic carbocycles. The highest BCUT2D eigenvalue weighted by Crippen LogP contribution is 2.29. The Labute approximate surface area is 156 Å². The lowest BCUT2D eigenvalue weighted by Crippen LogP contribution is -2.40. The minimum Gasteiger partial charge on any atom is -0.484 e. The smallest absolute Gasteiger partial charge is 0.260 e. The summed E-state index contributed by atoms with van der Waals surface area (Å²) in [6.07, 6.45) is 0. The van der Waals surface area contributed by atoms with Crippen LogP contribution in [0.2, 0.25) is 10.0 Å². The first-order valence-corrected chi connectivity index (χ1v) is 8.46. The van der Waals surface area contributed by atoms with E-state index in [1.165, 1.54) is 4.90 Å². The van der Waals surface area contributed by atoms with E-state index < -0.39 is 0 Å². The van der Waals surface area contributed by atoms with Crippen LogP contribution in [0.4, 0.5) is 5.69 Å². The van der Waals surface area contributed by atoms with Crippen molar-refractivity contribution in [3.8, 4) is 5.75 Å². The molecular formula is C18H18Cl2N2O3. The van der Waals surface area contributed by atoms with Gasteiger partial charge in [-0.25, -0.2) is 0 Å². The highest BCUT2D eigenvalue weighted by molar-refractivity contribution is 6.39. The van der Waals surface area contributed by atoms with Crippen molar-refractivity contribution in [3.63, 3.8) is 0 Å². The Hall–Kier alpha value is -2.24. The number of ether oxygens (including phenoxy) is 1. The number of likely N-dealkylation sites (N-methyl/N-ethyl adjacent to an activating group) is 1. The summed E-state index contributed by atoms with van der Waals surface area (Å²) in [6.45, 7) is 1.91. The van der Waals surface area contributed by atoms with E-state index in [9.17, 15) is 9.59 Å². The Bertz CT molecular complexity index is 718. The van der Waals surface area contributed by atoms with Crippen LogP contribution in [0.15, 0.2) is 48.5 Å². The van der Waals surface area contributed by atoms with E-state index in [0.29, 0.717) is 28.0 Å². The normalized spacial score (nSPS) is 10.2. The second kappa shape index (κ2) is 9.30. The van der Waals surface area contributed by atoms with Gasteiger partial charge in [0, 0.05) is 6.54 Å². The SMILES string of the molecule is CCN(CC(=O)Nc1c(Cl)cccc1Cl)C(=O)COc1ccccc1. The van der Waals surface area contributed by atoms with Gasteiger partial charge in [0.1, 0.15) is 5.75 Å². The summed E-state index contributed by atoms with van der Waals surface area (Å²) in [5.74, 6) is -0.0733. The van der Waals surface area contributed by atoms with Crippen LogP contribution < -0.4 is 10.1 Å². The van der Waals surface area contributed by atoms with Gasteiger partial charge in [-0.1, -0.05) is 47.5 Å². The molecule has 0 aromatic heterocycles. The first kappa shape index (κ1) is 19.1. The van der Waals surface area contributed by atoms with Gasteiger partial charge in [-0.15, -0.1) is 0 Å². The Morgan fingerprint density at radius 1 is 1.04 bits per heavy atom. The second-order valence-electron chi connectivity index (χ2n) is 5.15. The molecule has 0 aliphatic rings. The molecule has 132 valence electrons. The maximum Gasteiger partial charge on any atom is 0.260 e. The van der Waals surface area contributed by atoms with E-state index in [1.807, 2.05) is 18.2 Å². The van der Waals surface area contributed by atoms with Gasteiger partial charge >= 0.3 is 0 Å². The molecular weight excluding hydrogens is 363 g/mol. The number of carbonyl (C=O) groups excluding carboxylic acids is 2. The summed E-state index contributed by atoms with van der Waals surface area (Å²) in [7, 11) is 0. The molecule has 7 heteroatoms. The number of para-hydroxylation sites is 2. The maximum absolute atomic E-state index is 12.2. The Kier molecular flexibility index (Phi) is 7.10. The van der Waals surface area contributed by atoms with Crippen LogP contribution in [0.5, 0.6) is 5.75 Å². The summed E-state index contributed by atoms with van der Waals surface area (Å²) in [5, 5.41) is 3.31. The predicted molar refractivity (Wildman–Crippen MR) is 99.3 cm³/mol. The van der Waals surface area contributed by atoms with Crippen LogP contribution >= 0.6 is 23.2 Å². The lowest BCUT2D eigenvalue weighted by molar-refractivity contribution is -0.136. The summed E-state index contributed by atoms with van der Waals surface area (Å²) in [6, 6.07) is 13.9. The van der Waals surface area contributed by atoms with Crippen LogP contribution in [0.3, 0.4) is 0 Å². The van der Waals surface area contributed by atoms with E-state index >= 15 is 0 Å².